The van der Waals surface area contributed by atoms with Gasteiger partial charge in [0, 0.05) is 25.8 Å². The van der Waals surface area contributed by atoms with Gasteiger partial charge in [-0.05, 0) is 90.4 Å². The number of halogens is 3. The average Bonchev–Trinajstić information content (AvgIpc) is 3.07. The molecule has 0 heterocycles. The summed E-state index contributed by atoms with van der Waals surface area (Å²) in [5, 5.41) is 8.30. The van der Waals surface area contributed by atoms with Crippen molar-refractivity contribution in [2.75, 3.05) is 10.6 Å². The van der Waals surface area contributed by atoms with Crippen LogP contribution in [0.2, 0.25) is 5.02 Å². The Morgan fingerprint density at radius 3 is 2.15 bits per heavy atom. The minimum Gasteiger partial charge on any atom is -0.325 e. The van der Waals surface area contributed by atoms with Gasteiger partial charge in [0.25, 0.3) is 11.8 Å². The molecule has 0 saturated carbocycles. The van der Waals surface area contributed by atoms with Crippen LogP contribution in [-0.2, 0) is 9.59 Å². The molecule has 0 aromatic heterocycles. The summed E-state index contributed by atoms with van der Waals surface area (Å²) < 4.78 is 15.2. The standard InChI is InChI=1S/C37H28BrClFN3O3S/c1-23-11-16-28(22-31(23)39)42-37(46)34(25-7-3-2-4-8-25)47-29-19-17-27(18-20-29)41-36(45)33(21-24-12-14-26(38)15-13-24)43-35(44)30-9-5-6-10-32(30)40/h2-22,34H,1H3,(H,41,45)(H,42,46)(H,43,44). The number of hydrogen-bond acceptors (Lipinski definition) is 4. The Morgan fingerprint density at radius 2 is 1.47 bits per heavy atom. The average molecular weight is 729 g/mol. The van der Waals surface area contributed by atoms with Gasteiger partial charge in [0.2, 0.25) is 5.91 Å². The van der Waals surface area contributed by atoms with Crippen LogP contribution in [0.25, 0.3) is 6.08 Å². The van der Waals surface area contributed by atoms with Gasteiger partial charge in [-0.3, -0.25) is 14.4 Å². The zero-order valence-electron chi connectivity index (χ0n) is 25.0. The molecule has 10 heteroatoms. The molecule has 47 heavy (non-hydrogen) atoms. The first-order chi connectivity index (χ1) is 22.7. The second kappa shape index (κ2) is 15.7. The number of thioether (sulfide) groups is 1. The summed E-state index contributed by atoms with van der Waals surface area (Å²) in [5.41, 5.74) is 3.17. The van der Waals surface area contributed by atoms with Gasteiger partial charge in [0.15, 0.2) is 0 Å². The molecule has 3 N–H and O–H groups in total. The minimum atomic E-state index is -0.758. The quantitative estimate of drug-likeness (QED) is 0.0988. The fourth-order valence-electron chi connectivity index (χ4n) is 4.45. The topological polar surface area (TPSA) is 87.3 Å². The highest BCUT2D eigenvalue weighted by Crippen LogP contribution is 2.37. The molecule has 0 aliphatic heterocycles. The van der Waals surface area contributed by atoms with Crippen molar-refractivity contribution >= 4 is 74.5 Å². The number of nitrogens with one attached hydrogen (secondary N) is 3. The zero-order chi connectivity index (χ0) is 33.3. The van der Waals surface area contributed by atoms with Crippen LogP contribution in [0, 0.1) is 12.7 Å². The number of amides is 3. The predicted molar refractivity (Wildman–Crippen MR) is 191 cm³/mol. The lowest BCUT2D eigenvalue weighted by Gasteiger charge is -2.18. The second-order valence-electron chi connectivity index (χ2n) is 10.4. The SMILES string of the molecule is Cc1ccc(NC(=O)C(Sc2ccc(NC(=O)C(=Cc3ccc(Br)cc3)NC(=O)c3ccccc3F)cc2)c2ccccc2)cc1Cl. The lowest BCUT2D eigenvalue weighted by atomic mass is 10.1. The fourth-order valence-corrected chi connectivity index (χ4v) is 5.92. The Morgan fingerprint density at radius 1 is 0.809 bits per heavy atom. The maximum atomic E-state index is 14.3. The monoisotopic (exact) mass is 727 g/mol. The highest BCUT2D eigenvalue weighted by atomic mass is 79.9. The molecule has 1 unspecified atom stereocenters. The van der Waals surface area contributed by atoms with Crippen LogP contribution in [0.15, 0.2) is 136 Å². The highest BCUT2D eigenvalue weighted by Gasteiger charge is 2.23. The van der Waals surface area contributed by atoms with Gasteiger partial charge in [-0.1, -0.05) is 88.2 Å². The van der Waals surface area contributed by atoms with Gasteiger partial charge in [-0.2, -0.15) is 0 Å². The van der Waals surface area contributed by atoms with Gasteiger partial charge < -0.3 is 16.0 Å². The van der Waals surface area contributed by atoms with Crippen molar-refractivity contribution in [3.05, 3.63) is 165 Å². The van der Waals surface area contributed by atoms with E-state index in [0.29, 0.717) is 22.0 Å². The van der Waals surface area contributed by atoms with E-state index in [1.54, 1.807) is 60.7 Å². The molecule has 0 bridgehead atoms. The third-order valence-corrected chi connectivity index (χ3v) is 9.14. The number of benzene rings is 5. The Kier molecular flexibility index (Phi) is 11.3. The summed E-state index contributed by atoms with van der Waals surface area (Å²) in [4.78, 5) is 40.6. The van der Waals surface area contributed by atoms with E-state index in [0.717, 1.165) is 20.5 Å². The van der Waals surface area contributed by atoms with Crippen molar-refractivity contribution < 1.29 is 18.8 Å². The second-order valence-corrected chi connectivity index (χ2v) is 12.9. The van der Waals surface area contributed by atoms with E-state index in [1.807, 2.05) is 49.4 Å². The lowest BCUT2D eigenvalue weighted by molar-refractivity contribution is -0.116. The van der Waals surface area contributed by atoms with E-state index >= 15 is 0 Å². The van der Waals surface area contributed by atoms with E-state index in [2.05, 4.69) is 31.9 Å². The van der Waals surface area contributed by atoms with Gasteiger partial charge >= 0.3 is 0 Å². The molecule has 0 saturated heterocycles. The van der Waals surface area contributed by atoms with Crippen molar-refractivity contribution in [1.29, 1.82) is 0 Å². The smallest absolute Gasteiger partial charge is 0.272 e. The summed E-state index contributed by atoms with van der Waals surface area (Å²) in [7, 11) is 0. The van der Waals surface area contributed by atoms with E-state index in [-0.39, 0.29) is 17.2 Å². The predicted octanol–water partition coefficient (Wildman–Crippen LogP) is 9.43. The van der Waals surface area contributed by atoms with Crippen molar-refractivity contribution in [2.45, 2.75) is 17.1 Å². The Bertz CT molecular complexity index is 1940. The van der Waals surface area contributed by atoms with Crippen LogP contribution < -0.4 is 16.0 Å². The summed E-state index contributed by atoms with van der Waals surface area (Å²) in [5.74, 6) is -2.28. The number of aryl methyl sites for hydroxylation is 1. The number of hydrogen-bond donors (Lipinski definition) is 3. The van der Waals surface area contributed by atoms with Crippen LogP contribution in [0.3, 0.4) is 0 Å². The Balaban J connectivity index is 1.33. The lowest BCUT2D eigenvalue weighted by Crippen LogP contribution is -2.31. The number of carbonyl (C=O) groups excluding carboxylic acids is 3. The maximum Gasteiger partial charge on any atom is 0.272 e. The van der Waals surface area contributed by atoms with E-state index < -0.39 is 22.9 Å². The third kappa shape index (κ3) is 9.19. The maximum absolute atomic E-state index is 14.3. The molecule has 5 aromatic carbocycles. The molecular formula is C37H28BrClFN3O3S. The molecular weight excluding hydrogens is 701 g/mol. The van der Waals surface area contributed by atoms with E-state index in [1.165, 1.54) is 36.0 Å². The first-order valence-corrected chi connectivity index (χ1v) is 16.4. The molecule has 0 fully saturated rings. The summed E-state index contributed by atoms with van der Waals surface area (Å²) in [6.45, 7) is 1.89. The van der Waals surface area contributed by atoms with Gasteiger partial charge in [-0.15, -0.1) is 11.8 Å². The van der Waals surface area contributed by atoms with Crippen LogP contribution in [0.4, 0.5) is 15.8 Å². The number of rotatable bonds is 10. The largest absolute Gasteiger partial charge is 0.325 e. The van der Waals surface area contributed by atoms with Crippen molar-refractivity contribution in [1.82, 2.24) is 5.32 Å². The molecule has 1 atom stereocenters. The summed E-state index contributed by atoms with van der Waals surface area (Å²) in [6.07, 6.45) is 1.51. The molecule has 0 radical (unpaired) electrons. The number of carbonyl (C=O) groups is 3. The van der Waals surface area contributed by atoms with Crippen molar-refractivity contribution in [3.8, 4) is 0 Å². The first kappa shape index (κ1) is 33.7. The molecule has 6 nitrogen and oxygen atoms in total. The molecule has 0 aliphatic carbocycles. The Labute approximate surface area is 289 Å². The van der Waals surface area contributed by atoms with E-state index in [9.17, 15) is 18.8 Å². The molecule has 5 aromatic rings. The molecule has 5 rings (SSSR count). The summed E-state index contributed by atoms with van der Waals surface area (Å²) >= 11 is 11.0. The molecule has 236 valence electrons. The van der Waals surface area contributed by atoms with E-state index in [4.69, 9.17) is 11.6 Å². The van der Waals surface area contributed by atoms with Crippen LogP contribution in [-0.4, -0.2) is 17.7 Å². The van der Waals surface area contributed by atoms with Gasteiger partial charge in [0.1, 0.15) is 16.8 Å². The molecule has 3 amide bonds. The van der Waals surface area contributed by atoms with Crippen LogP contribution >= 0.6 is 39.3 Å². The van der Waals surface area contributed by atoms with Gasteiger partial charge in [-0.25, -0.2) is 4.39 Å². The molecule has 0 aliphatic rings. The number of anilines is 2. The normalized spacial score (nSPS) is 11.8. The van der Waals surface area contributed by atoms with Gasteiger partial charge in [0.05, 0.1) is 5.56 Å². The third-order valence-electron chi connectivity index (χ3n) is 6.94. The highest BCUT2D eigenvalue weighted by molar-refractivity contribution is 9.10. The van der Waals surface area contributed by atoms with Crippen molar-refractivity contribution in [2.24, 2.45) is 0 Å². The first-order valence-electron chi connectivity index (χ1n) is 14.4. The van der Waals surface area contributed by atoms with Crippen LogP contribution in [0.1, 0.15) is 32.3 Å². The fraction of sp³-hybridized carbons (Fsp3) is 0.0541. The molecule has 0 spiro atoms. The zero-order valence-corrected chi connectivity index (χ0v) is 28.1. The summed E-state index contributed by atoms with van der Waals surface area (Å²) in [6, 6.07) is 34.5. The van der Waals surface area contributed by atoms with Crippen molar-refractivity contribution in [3.63, 3.8) is 0 Å². The van der Waals surface area contributed by atoms with Crippen LogP contribution in [0.5, 0.6) is 0 Å². The Hall–Kier alpha value is -4.70. The minimum absolute atomic E-state index is 0.0731.